The third kappa shape index (κ3) is 3.69. The van der Waals surface area contributed by atoms with Gasteiger partial charge in [0.25, 0.3) is 0 Å². The van der Waals surface area contributed by atoms with E-state index in [9.17, 15) is 10.1 Å². The number of anilines is 1. The number of aromatic nitrogens is 1. The molecule has 134 valence electrons. The maximum absolute atomic E-state index is 10.9. The zero-order valence-corrected chi connectivity index (χ0v) is 14.7. The fourth-order valence-corrected chi connectivity index (χ4v) is 3.51. The number of hydrogen-bond donors (Lipinski definition) is 1. The number of carboxylic acid groups (broad SMARTS) is 1. The lowest BCUT2D eigenvalue weighted by atomic mass is 9.73. The van der Waals surface area contributed by atoms with Gasteiger partial charge in [-0.1, -0.05) is 13.8 Å². The fraction of sp³-hybridized carbons (Fsp3) is 0.611. The summed E-state index contributed by atoms with van der Waals surface area (Å²) in [6, 6.07) is 2.19. The van der Waals surface area contributed by atoms with Gasteiger partial charge in [0.2, 0.25) is 5.88 Å². The van der Waals surface area contributed by atoms with E-state index in [1.54, 1.807) is 0 Å². The molecule has 1 aliphatic heterocycles. The molecule has 25 heavy (non-hydrogen) atoms. The Hall–Kier alpha value is -2.33. The number of pyridine rings is 1. The van der Waals surface area contributed by atoms with Crippen LogP contribution in [0.4, 0.5) is 5.82 Å². The van der Waals surface area contributed by atoms with Crippen LogP contribution in [0.15, 0.2) is 0 Å². The predicted molar refractivity (Wildman–Crippen MR) is 90.9 cm³/mol. The van der Waals surface area contributed by atoms with Gasteiger partial charge in [-0.25, -0.2) is 4.79 Å². The molecule has 0 saturated carbocycles. The van der Waals surface area contributed by atoms with Crippen molar-refractivity contribution in [1.82, 2.24) is 4.98 Å². The van der Waals surface area contributed by atoms with Gasteiger partial charge in [-0.3, -0.25) is 0 Å². The molecule has 0 unspecified atom stereocenters. The maximum Gasteiger partial charge on any atom is 0.341 e. The first-order valence-electron chi connectivity index (χ1n) is 8.54. The van der Waals surface area contributed by atoms with E-state index in [0.29, 0.717) is 18.8 Å². The average Bonchev–Trinajstić information content (AvgIpc) is 2.58. The molecule has 7 nitrogen and oxygen atoms in total. The quantitative estimate of drug-likeness (QED) is 0.888. The molecule has 0 spiro atoms. The zero-order valence-electron chi connectivity index (χ0n) is 14.7. The Morgan fingerprint density at radius 3 is 2.76 bits per heavy atom. The number of nitrogens with zero attached hydrogens (tertiary/aromatic N) is 3. The van der Waals surface area contributed by atoms with E-state index in [-0.39, 0.29) is 11.3 Å². The van der Waals surface area contributed by atoms with Gasteiger partial charge in [0.1, 0.15) is 17.5 Å². The second-order valence-electron chi connectivity index (χ2n) is 7.31. The number of morpholine rings is 1. The molecule has 1 N–H and O–H groups in total. The van der Waals surface area contributed by atoms with Gasteiger partial charge in [0.15, 0.2) is 6.61 Å². The van der Waals surface area contributed by atoms with Crippen LogP contribution in [0.25, 0.3) is 0 Å². The normalized spacial score (nSPS) is 19.0. The van der Waals surface area contributed by atoms with E-state index in [1.807, 2.05) is 0 Å². The van der Waals surface area contributed by atoms with Crippen LogP contribution in [0.5, 0.6) is 5.88 Å². The van der Waals surface area contributed by atoms with Crippen molar-refractivity contribution in [3.8, 4) is 11.9 Å². The van der Waals surface area contributed by atoms with Gasteiger partial charge in [-0.05, 0) is 35.8 Å². The number of fused-ring (bicyclic) bond motifs is 1. The molecule has 3 rings (SSSR count). The Morgan fingerprint density at radius 1 is 1.40 bits per heavy atom. The van der Waals surface area contributed by atoms with Crippen LogP contribution in [0, 0.1) is 16.7 Å². The highest BCUT2D eigenvalue weighted by atomic mass is 16.5. The summed E-state index contributed by atoms with van der Waals surface area (Å²) < 4.78 is 10.8. The SMILES string of the molecule is CC1(C)CCc2c(N3CCOCC3)nc(OCC(=O)O)c(C#N)c2C1. The summed E-state index contributed by atoms with van der Waals surface area (Å²) in [5.74, 6) is -0.146. The van der Waals surface area contributed by atoms with Crippen LogP contribution >= 0.6 is 0 Å². The summed E-state index contributed by atoms with van der Waals surface area (Å²) >= 11 is 0. The smallest absolute Gasteiger partial charge is 0.341 e. The number of rotatable bonds is 4. The minimum Gasteiger partial charge on any atom is -0.479 e. The largest absolute Gasteiger partial charge is 0.479 e. The summed E-state index contributed by atoms with van der Waals surface area (Å²) in [6.45, 7) is 6.58. The highest BCUT2D eigenvalue weighted by molar-refractivity contribution is 5.69. The van der Waals surface area contributed by atoms with Gasteiger partial charge >= 0.3 is 5.97 Å². The number of carboxylic acids is 1. The standard InChI is InChI=1S/C18H23N3O4/c1-18(2)4-3-12-13(9-18)14(10-19)17(25-11-15(22)23)20-16(12)21-5-7-24-8-6-21/h3-9,11H2,1-2H3,(H,22,23). The van der Waals surface area contributed by atoms with Crippen molar-refractivity contribution in [1.29, 1.82) is 5.26 Å². The molecule has 0 atom stereocenters. The van der Waals surface area contributed by atoms with E-state index in [4.69, 9.17) is 14.6 Å². The number of nitriles is 1. The summed E-state index contributed by atoms with van der Waals surface area (Å²) in [7, 11) is 0. The lowest BCUT2D eigenvalue weighted by Crippen LogP contribution is -2.38. The molecule has 2 aliphatic rings. The van der Waals surface area contributed by atoms with Gasteiger partial charge < -0.3 is 19.5 Å². The van der Waals surface area contributed by atoms with Crippen molar-refractivity contribution in [2.24, 2.45) is 5.41 Å². The molecular weight excluding hydrogens is 322 g/mol. The summed E-state index contributed by atoms with van der Waals surface area (Å²) in [5.41, 5.74) is 2.52. The van der Waals surface area contributed by atoms with Crippen LogP contribution in [-0.4, -0.2) is 49.0 Å². The van der Waals surface area contributed by atoms with Crippen molar-refractivity contribution in [2.45, 2.75) is 33.1 Å². The maximum atomic E-state index is 10.9. The molecule has 1 aromatic heterocycles. The van der Waals surface area contributed by atoms with Crippen LogP contribution in [0.1, 0.15) is 37.0 Å². The van der Waals surface area contributed by atoms with Crippen molar-refractivity contribution in [3.63, 3.8) is 0 Å². The number of carbonyl (C=O) groups is 1. The molecule has 1 aliphatic carbocycles. The minimum absolute atomic E-state index is 0.0896. The lowest BCUT2D eigenvalue weighted by Gasteiger charge is -2.36. The van der Waals surface area contributed by atoms with E-state index in [1.165, 1.54) is 0 Å². The second-order valence-corrected chi connectivity index (χ2v) is 7.31. The molecule has 1 saturated heterocycles. The zero-order chi connectivity index (χ0) is 18.0. The van der Waals surface area contributed by atoms with Crippen molar-refractivity contribution >= 4 is 11.8 Å². The van der Waals surface area contributed by atoms with E-state index < -0.39 is 12.6 Å². The Bertz CT molecular complexity index is 718. The highest BCUT2D eigenvalue weighted by Gasteiger charge is 2.33. The highest BCUT2D eigenvalue weighted by Crippen LogP contribution is 2.42. The van der Waals surface area contributed by atoms with Crippen molar-refractivity contribution in [3.05, 3.63) is 16.7 Å². The first kappa shape index (κ1) is 17.5. The summed E-state index contributed by atoms with van der Waals surface area (Å²) in [6.07, 6.45) is 2.64. The Balaban J connectivity index is 2.09. The van der Waals surface area contributed by atoms with Crippen LogP contribution < -0.4 is 9.64 Å². The van der Waals surface area contributed by atoms with Gasteiger partial charge in [-0.2, -0.15) is 10.2 Å². The number of aliphatic carboxylic acids is 1. The molecule has 0 amide bonds. The molecule has 0 bridgehead atoms. The van der Waals surface area contributed by atoms with Crippen LogP contribution in [0.3, 0.4) is 0 Å². The van der Waals surface area contributed by atoms with Gasteiger partial charge in [0, 0.05) is 13.1 Å². The van der Waals surface area contributed by atoms with Crippen molar-refractivity contribution in [2.75, 3.05) is 37.8 Å². The van der Waals surface area contributed by atoms with Crippen molar-refractivity contribution < 1.29 is 19.4 Å². The monoisotopic (exact) mass is 345 g/mol. The number of hydrogen-bond acceptors (Lipinski definition) is 6. The van der Waals surface area contributed by atoms with Gasteiger partial charge in [0.05, 0.1) is 13.2 Å². The molecule has 0 radical (unpaired) electrons. The third-order valence-corrected chi connectivity index (χ3v) is 4.82. The van der Waals surface area contributed by atoms with Gasteiger partial charge in [-0.15, -0.1) is 0 Å². The molecular formula is C18H23N3O4. The summed E-state index contributed by atoms with van der Waals surface area (Å²) in [5, 5.41) is 18.6. The molecule has 2 heterocycles. The first-order valence-corrected chi connectivity index (χ1v) is 8.54. The second kappa shape index (κ2) is 6.89. The topological polar surface area (TPSA) is 95.7 Å². The van der Waals surface area contributed by atoms with E-state index in [0.717, 1.165) is 49.3 Å². The van der Waals surface area contributed by atoms with Crippen LogP contribution in [-0.2, 0) is 22.4 Å². The Kier molecular flexibility index (Phi) is 4.82. The molecule has 1 aromatic rings. The van der Waals surface area contributed by atoms with E-state index in [2.05, 4.69) is 29.8 Å². The predicted octanol–water partition coefficient (Wildman–Crippen LogP) is 1.77. The minimum atomic E-state index is -1.09. The molecule has 1 fully saturated rings. The fourth-order valence-electron chi connectivity index (χ4n) is 3.51. The molecule has 7 heteroatoms. The lowest BCUT2D eigenvalue weighted by molar-refractivity contribution is -0.139. The third-order valence-electron chi connectivity index (χ3n) is 4.82. The van der Waals surface area contributed by atoms with E-state index >= 15 is 0 Å². The van der Waals surface area contributed by atoms with Crippen LogP contribution in [0.2, 0.25) is 0 Å². The Labute approximate surface area is 147 Å². The number of ether oxygens (including phenoxy) is 2. The average molecular weight is 345 g/mol. The Morgan fingerprint density at radius 2 is 2.12 bits per heavy atom. The first-order chi connectivity index (χ1) is 11.9. The molecule has 0 aromatic carbocycles. The summed E-state index contributed by atoms with van der Waals surface area (Å²) in [4.78, 5) is 17.6.